The van der Waals surface area contributed by atoms with Gasteiger partial charge in [0.05, 0.1) is 21.7 Å². The maximum atomic E-state index is 13.4. The Morgan fingerprint density at radius 1 is 1.03 bits per heavy atom. The third kappa shape index (κ3) is 4.88. The minimum absolute atomic E-state index is 0.00521. The summed E-state index contributed by atoms with van der Waals surface area (Å²) in [5, 5.41) is 1.94. The maximum absolute atomic E-state index is 13.4. The lowest BCUT2D eigenvalue weighted by molar-refractivity contribution is -0.137. The number of thiol groups is 1. The molecule has 0 radical (unpaired) electrons. The van der Waals surface area contributed by atoms with E-state index in [9.17, 15) is 31.2 Å². The van der Waals surface area contributed by atoms with Gasteiger partial charge in [0.1, 0.15) is 0 Å². The Morgan fingerprint density at radius 2 is 1.65 bits per heavy atom. The average molecular weight is 514 g/mol. The Labute approximate surface area is 200 Å². The van der Waals surface area contributed by atoms with E-state index in [1.165, 1.54) is 24.3 Å². The fourth-order valence-electron chi connectivity index (χ4n) is 4.58. The van der Waals surface area contributed by atoms with Crippen LogP contribution in [0.3, 0.4) is 0 Å². The molecule has 34 heavy (non-hydrogen) atoms. The number of urea groups is 1. The number of hydrogen-bond acceptors (Lipinski definition) is 5. The van der Waals surface area contributed by atoms with Gasteiger partial charge in [0.15, 0.2) is 9.84 Å². The number of sulfone groups is 1. The number of alkyl halides is 3. The van der Waals surface area contributed by atoms with Crippen LogP contribution in [0.1, 0.15) is 15.9 Å². The number of amides is 2. The number of hydrogen-bond donors (Lipinski definition) is 2. The summed E-state index contributed by atoms with van der Waals surface area (Å²) in [6.45, 7) is 1.50. The molecule has 4 rings (SSSR count). The molecule has 2 aliphatic rings. The van der Waals surface area contributed by atoms with Crippen molar-refractivity contribution in [3.63, 3.8) is 0 Å². The van der Waals surface area contributed by atoms with Crippen LogP contribution in [0.25, 0.3) is 0 Å². The summed E-state index contributed by atoms with van der Waals surface area (Å²) < 4.78 is 63.7. The monoisotopic (exact) mass is 513 g/mol. The zero-order chi connectivity index (χ0) is 24.8. The predicted molar refractivity (Wildman–Crippen MR) is 124 cm³/mol. The van der Waals surface area contributed by atoms with Crippen molar-refractivity contribution in [2.75, 3.05) is 42.7 Å². The molecule has 0 unspecified atom stereocenters. The first-order valence-corrected chi connectivity index (χ1v) is 12.7. The number of anilines is 2. The van der Waals surface area contributed by atoms with Crippen molar-refractivity contribution in [2.24, 2.45) is 11.8 Å². The molecule has 2 aromatic carbocycles. The first-order valence-electron chi connectivity index (χ1n) is 10.4. The topological polar surface area (TPSA) is 86.8 Å². The fraction of sp³-hybridized carbons (Fsp3) is 0.364. The summed E-state index contributed by atoms with van der Waals surface area (Å²) in [6.07, 6.45) is -3.44. The molecule has 0 spiro atoms. The zero-order valence-electron chi connectivity index (χ0n) is 18.0. The number of rotatable bonds is 4. The van der Waals surface area contributed by atoms with Gasteiger partial charge in [-0.3, -0.25) is 4.79 Å². The lowest BCUT2D eigenvalue weighted by Crippen LogP contribution is -2.36. The highest BCUT2D eigenvalue weighted by Gasteiger charge is 2.44. The molecule has 2 amide bonds. The van der Waals surface area contributed by atoms with E-state index in [4.69, 9.17) is 0 Å². The van der Waals surface area contributed by atoms with Gasteiger partial charge in [0.2, 0.25) is 5.12 Å². The number of carbonyl (C=O) groups excluding carboxylic acids is 2. The molecule has 0 aromatic heterocycles. The van der Waals surface area contributed by atoms with Gasteiger partial charge in [0, 0.05) is 50.0 Å². The van der Waals surface area contributed by atoms with Gasteiger partial charge in [0.25, 0.3) is 0 Å². The Morgan fingerprint density at radius 3 is 2.21 bits per heavy atom. The molecule has 2 saturated heterocycles. The molecule has 0 aliphatic carbocycles. The smallest absolute Gasteiger partial charge is 0.370 e. The van der Waals surface area contributed by atoms with E-state index >= 15 is 0 Å². The SMILES string of the molecule is CS(=O)(=O)c1ccc(NC(=O)N2C[C@@H]3CN(c4ccccc4C(F)(F)F)C[C@@H]3C2)c(C(=O)S)c1. The third-order valence-corrected chi connectivity index (χ3v) is 7.57. The molecule has 182 valence electrons. The summed E-state index contributed by atoms with van der Waals surface area (Å²) in [4.78, 5) is 27.9. The standard InChI is InChI=1S/C22H22F3N3O4S2/c1-34(31,32)15-6-7-18(16(8-15)20(29)33)26-21(30)28-11-13-9-27(10-14(13)12-28)19-5-3-2-4-17(19)22(23,24)25/h2-8,13-14H,9-12H2,1H3,(H,26,30)(H,29,33)/t13-,14+. The molecule has 2 aliphatic heterocycles. The molecule has 12 heteroatoms. The number of carbonyl (C=O) groups is 2. The Balaban J connectivity index is 1.45. The molecule has 2 heterocycles. The predicted octanol–water partition coefficient (Wildman–Crippen LogP) is 3.78. The molecule has 1 N–H and O–H groups in total. The van der Waals surface area contributed by atoms with Crippen molar-refractivity contribution in [1.82, 2.24) is 4.90 Å². The van der Waals surface area contributed by atoms with Crippen molar-refractivity contribution in [3.8, 4) is 0 Å². The molecule has 7 nitrogen and oxygen atoms in total. The lowest BCUT2D eigenvalue weighted by atomic mass is 10.0. The third-order valence-electron chi connectivity index (χ3n) is 6.21. The van der Waals surface area contributed by atoms with Gasteiger partial charge in [-0.25, -0.2) is 13.2 Å². The number of nitrogens with one attached hydrogen (secondary N) is 1. The molecule has 0 saturated carbocycles. The van der Waals surface area contributed by atoms with Gasteiger partial charge in [-0.1, -0.05) is 12.1 Å². The number of nitrogens with zero attached hydrogens (tertiary/aromatic N) is 2. The Kier molecular flexibility index (Phi) is 6.32. The first kappa shape index (κ1) is 24.4. The van der Waals surface area contributed by atoms with Crippen LogP contribution >= 0.6 is 12.6 Å². The number of likely N-dealkylation sites (tertiary alicyclic amines) is 1. The highest BCUT2D eigenvalue weighted by atomic mass is 32.2. The second kappa shape index (κ2) is 8.81. The largest absolute Gasteiger partial charge is 0.418 e. The van der Waals surface area contributed by atoms with E-state index in [0.717, 1.165) is 18.4 Å². The van der Waals surface area contributed by atoms with Crippen molar-refractivity contribution in [1.29, 1.82) is 0 Å². The second-order valence-electron chi connectivity index (χ2n) is 8.56. The van der Waals surface area contributed by atoms with Crippen LogP contribution in [0.4, 0.5) is 29.3 Å². The number of fused-ring (bicyclic) bond motifs is 1. The molecular weight excluding hydrogens is 491 g/mol. The van der Waals surface area contributed by atoms with E-state index in [0.29, 0.717) is 26.2 Å². The lowest BCUT2D eigenvalue weighted by Gasteiger charge is -2.26. The van der Waals surface area contributed by atoms with Crippen LogP contribution in [0.2, 0.25) is 0 Å². The summed E-state index contributed by atoms with van der Waals surface area (Å²) >= 11 is 3.77. The van der Waals surface area contributed by atoms with E-state index in [-0.39, 0.29) is 33.7 Å². The molecule has 0 bridgehead atoms. The number of para-hydroxylation sites is 1. The van der Waals surface area contributed by atoms with Gasteiger partial charge in [-0.2, -0.15) is 13.2 Å². The van der Waals surface area contributed by atoms with Gasteiger partial charge in [-0.05, 0) is 30.3 Å². The minimum Gasteiger partial charge on any atom is -0.370 e. The maximum Gasteiger partial charge on any atom is 0.418 e. The van der Waals surface area contributed by atoms with Crippen LogP contribution < -0.4 is 10.2 Å². The molecule has 2 fully saturated rings. The van der Waals surface area contributed by atoms with E-state index in [1.54, 1.807) is 15.9 Å². The number of halogens is 3. The highest BCUT2D eigenvalue weighted by molar-refractivity contribution is 7.97. The Bertz CT molecular complexity index is 1240. The normalized spacial score (nSPS) is 20.4. The van der Waals surface area contributed by atoms with Crippen LogP contribution in [-0.2, 0) is 16.0 Å². The molecular formula is C22H22F3N3O4S2. The highest BCUT2D eigenvalue weighted by Crippen LogP contribution is 2.41. The van der Waals surface area contributed by atoms with Gasteiger partial charge < -0.3 is 15.1 Å². The van der Waals surface area contributed by atoms with Crippen molar-refractivity contribution < 1.29 is 31.2 Å². The summed E-state index contributed by atoms with van der Waals surface area (Å²) in [7, 11) is -3.55. The average Bonchev–Trinajstić information content (AvgIpc) is 3.32. The fourth-order valence-corrected chi connectivity index (χ4v) is 5.41. The quantitative estimate of drug-likeness (QED) is 0.608. The van der Waals surface area contributed by atoms with Crippen molar-refractivity contribution >= 4 is 45.0 Å². The van der Waals surface area contributed by atoms with E-state index < -0.39 is 32.7 Å². The molecule has 2 aromatic rings. The van der Waals surface area contributed by atoms with E-state index in [2.05, 4.69) is 17.9 Å². The van der Waals surface area contributed by atoms with Crippen LogP contribution in [0, 0.1) is 11.8 Å². The minimum atomic E-state index is -4.45. The number of benzene rings is 2. The summed E-state index contributed by atoms with van der Waals surface area (Å²) in [5.41, 5.74) is -0.446. The van der Waals surface area contributed by atoms with E-state index in [1.807, 2.05) is 0 Å². The Hall–Kier alpha value is -2.73. The molecule has 2 atom stereocenters. The van der Waals surface area contributed by atoms with Crippen molar-refractivity contribution in [2.45, 2.75) is 11.1 Å². The van der Waals surface area contributed by atoms with Crippen LogP contribution in [-0.4, -0.2) is 56.9 Å². The summed E-state index contributed by atoms with van der Waals surface area (Å²) in [5.74, 6) is 0.0104. The van der Waals surface area contributed by atoms with Crippen molar-refractivity contribution in [3.05, 3.63) is 53.6 Å². The second-order valence-corrected chi connectivity index (χ2v) is 11.0. The van der Waals surface area contributed by atoms with Crippen LogP contribution in [0.5, 0.6) is 0 Å². The van der Waals surface area contributed by atoms with Gasteiger partial charge in [-0.15, -0.1) is 12.6 Å². The zero-order valence-corrected chi connectivity index (χ0v) is 19.8. The first-order chi connectivity index (χ1) is 15.8. The summed E-state index contributed by atoms with van der Waals surface area (Å²) in [6, 6.07) is 8.79. The van der Waals surface area contributed by atoms with Crippen LogP contribution in [0.15, 0.2) is 47.4 Å². The van der Waals surface area contributed by atoms with Gasteiger partial charge >= 0.3 is 12.2 Å².